The number of carbonyl (C=O) groups excluding carboxylic acids is 2. The third-order valence-electron chi connectivity index (χ3n) is 7.66. The first kappa shape index (κ1) is 30.8. The van der Waals surface area contributed by atoms with Crippen molar-refractivity contribution in [3.05, 3.63) is 72.0 Å². The summed E-state index contributed by atoms with van der Waals surface area (Å²) in [6.07, 6.45) is 1.58. The molecule has 3 heterocycles. The zero-order valence-corrected chi connectivity index (χ0v) is 25.3. The summed E-state index contributed by atoms with van der Waals surface area (Å²) in [7, 11) is 3.05. The smallest absolute Gasteiger partial charge is 0.251 e. The summed E-state index contributed by atoms with van der Waals surface area (Å²) in [6, 6.07) is 14.4. The van der Waals surface area contributed by atoms with Gasteiger partial charge in [0.15, 0.2) is 23.0 Å². The topological polar surface area (TPSA) is 139 Å². The fourth-order valence-electron chi connectivity index (χ4n) is 5.40. The van der Waals surface area contributed by atoms with Gasteiger partial charge in [-0.25, -0.2) is 4.39 Å². The van der Waals surface area contributed by atoms with Crippen LogP contribution in [0.1, 0.15) is 24.4 Å². The molecule has 14 heteroatoms. The predicted molar refractivity (Wildman–Crippen MR) is 162 cm³/mol. The third kappa shape index (κ3) is 6.71. The van der Waals surface area contributed by atoms with Gasteiger partial charge in [-0.1, -0.05) is 12.1 Å². The molecule has 3 aromatic carbocycles. The van der Waals surface area contributed by atoms with E-state index in [0.29, 0.717) is 59.6 Å². The molecule has 1 N–H and O–H groups in total. The molecule has 240 valence electrons. The van der Waals surface area contributed by atoms with Crippen LogP contribution in [-0.2, 0) is 20.9 Å². The van der Waals surface area contributed by atoms with Crippen LogP contribution in [0.25, 0.3) is 11.4 Å². The van der Waals surface area contributed by atoms with Crippen molar-refractivity contribution in [1.29, 1.82) is 0 Å². The number of hydrogen-bond acceptors (Lipinski definition) is 10. The lowest BCUT2D eigenvalue weighted by Gasteiger charge is -2.32. The van der Waals surface area contributed by atoms with Crippen molar-refractivity contribution in [2.24, 2.45) is 0 Å². The van der Waals surface area contributed by atoms with Crippen LogP contribution in [0.4, 0.5) is 10.1 Å². The highest BCUT2D eigenvalue weighted by atomic mass is 19.1. The molecule has 2 atom stereocenters. The van der Waals surface area contributed by atoms with Gasteiger partial charge in [-0.15, -0.1) is 10.2 Å². The Balaban J connectivity index is 1.35. The number of carbonyl (C=O) groups is 2. The minimum Gasteiger partial charge on any atom is -0.493 e. The Hall–Kier alpha value is -5.24. The molecule has 0 aliphatic carbocycles. The van der Waals surface area contributed by atoms with Crippen molar-refractivity contribution in [2.75, 3.05) is 45.5 Å². The summed E-state index contributed by atoms with van der Waals surface area (Å²) in [5.41, 5.74) is 1.35. The van der Waals surface area contributed by atoms with Gasteiger partial charge >= 0.3 is 0 Å². The highest BCUT2D eigenvalue weighted by Gasteiger charge is 2.35. The van der Waals surface area contributed by atoms with Gasteiger partial charge in [-0.3, -0.25) is 14.5 Å². The maximum atomic E-state index is 14.3. The van der Waals surface area contributed by atoms with E-state index in [1.807, 2.05) is 0 Å². The average Bonchev–Trinajstić information content (AvgIpc) is 3.79. The van der Waals surface area contributed by atoms with E-state index < -0.39 is 23.7 Å². The highest BCUT2D eigenvalue weighted by molar-refractivity contribution is 6.01. The number of benzene rings is 3. The number of ether oxygens (including phenoxy) is 5. The Morgan fingerprint density at radius 1 is 1.00 bits per heavy atom. The molecule has 0 unspecified atom stereocenters. The zero-order chi connectivity index (χ0) is 32.0. The van der Waals surface area contributed by atoms with Crippen molar-refractivity contribution < 1.29 is 37.7 Å². The molecule has 13 nitrogen and oxygen atoms in total. The lowest BCUT2D eigenvalue weighted by atomic mass is 10.0. The van der Waals surface area contributed by atoms with Crippen molar-refractivity contribution in [2.45, 2.75) is 31.5 Å². The van der Waals surface area contributed by atoms with E-state index in [1.165, 1.54) is 43.4 Å². The van der Waals surface area contributed by atoms with Crippen LogP contribution in [0.15, 0.2) is 60.7 Å². The predicted octanol–water partition coefficient (Wildman–Crippen LogP) is 3.34. The van der Waals surface area contributed by atoms with E-state index in [9.17, 15) is 14.0 Å². The molecule has 46 heavy (non-hydrogen) atoms. The van der Waals surface area contributed by atoms with E-state index >= 15 is 0 Å². The molecule has 0 spiro atoms. The lowest BCUT2D eigenvalue weighted by molar-refractivity contribution is -0.127. The van der Waals surface area contributed by atoms with Crippen LogP contribution in [-0.4, -0.2) is 78.7 Å². The minimum atomic E-state index is -1.19. The van der Waals surface area contributed by atoms with Crippen molar-refractivity contribution in [3.8, 4) is 34.4 Å². The van der Waals surface area contributed by atoms with Gasteiger partial charge in [0.1, 0.15) is 31.6 Å². The second kappa shape index (κ2) is 13.8. The molecule has 1 saturated heterocycles. The summed E-state index contributed by atoms with van der Waals surface area (Å²) in [6.45, 7) is 1.24. The number of hydrogen-bond donors (Lipinski definition) is 1. The molecule has 0 saturated carbocycles. The summed E-state index contributed by atoms with van der Waals surface area (Å²) >= 11 is 0. The Labute approximate surface area is 264 Å². The molecule has 6 rings (SSSR count). The molecule has 2 aliphatic heterocycles. The van der Waals surface area contributed by atoms with E-state index in [1.54, 1.807) is 36.4 Å². The molecule has 0 bridgehead atoms. The second-order valence-corrected chi connectivity index (χ2v) is 10.6. The number of aromatic nitrogens is 4. The first-order valence-corrected chi connectivity index (χ1v) is 14.8. The number of tetrazole rings is 1. The fourth-order valence-corrected chi connectivity index (χ4v) is 5.40. The third-order valence-corrected chi connectivity index (χ3v) is 7.66. The van der Waals surface area contributed by atoms with Gasteiger partial charge in [0.25, 0.3) is 5.91 Å². The van der Waals surface area contributed by atoms with Crippen LogP contribution < -0.4 is 29.2 Å². The average molecular weight is 633 g/mol. The van der Waals surface area contributed by atoms with Gasteiger partial charge in [0, 0.05) is 30.5 Å². The number of nitrogens with one attached hydrogen (secondary N) is 1. The quantitative estimate of drug-likeness (QED) is 0.262. The van der Waals surface area contributed by atoms with Gasteiger partial charge in [0.05, 0.1) is 20.3 Å². The van der Waals surface area contributed by atoms with Crippen LogP contribution in [0.2, 0.25) is 0 Å². The number of fused-ring (bicyclic) bond motifs is 1. The maximum Gasteiger partial charge on any atom is 0.251 e. The van der Waals surface area contributed by atoms with Crippen LogP contribution in [0.3, 0.4) is 0 Å². The van der Waals surface area contributed by atoms with Crippen LogP contribution in [0, 0.1) is 5.82 Å². The maximum absolute atomic E-state index is 14.3. The molecule has 2 aliphatic rings. The van der Waals surface area contributed by atoms with Crippen molar-refractivity contribution in [3.63, 3.8) is 0 Å². The van der Waals surface area contributed by atoms with E-state index in [4.69, 9.17) is 23.7 Å². The van der Waals surface area contributed by atoms with Gasteiger partial charge in [-0.2, -0.15) is 4.80 Å². The Morgan fingerprint density at radius 2 is 1.78 bits per heavy atom. The SMILES string of the molecule is COc1ccc(-c2nnn(CC(=O)N(c3ccc4c(c3)OCCO4)[C@H](C(=O)NC[C@@H]3CCCO3)c3ccc(F)cc3)n2)cc1OC. The number of rotatable bonds is 11. The van der Waals surface area contributed by atoms with Gasteiger partial charge in [0.2, 0.25) is 11.7 Å². The summed E-state index contributed by atoms with van der Waals surface area (Å²) in [5.74, 6) is 0.729. The number of amides is 2. The number of halogens is 1. The van der Waals surface area contributed by atoms with Crippen LogP contribution in [0.5, 0.6) is 23.0 Å². The standard InChI is InChI=1S/C32H33FN6O7/c1-42-25-11-7-21(16-27(25)43-2)31-35-37-38(36-31)19-29(40)39(23-10-12-26-28(17-23)46-15-14-45-26)30(20-5-8-22(33)9-6-20)32(41)34-18-24-4-3-13-44-24/h5-12,16-17,24,30H,3-4,13-15,18-19H2,1-2H3,(H,34,41)/t24-,30-/m0/s1. The highest BCUT2D eigenvalue weighted by Crippen LogP contribution is 2.37. The number of anilines is 1. The summed E-state index contributed by atoms with van der Waals surface area (Å²) < 4.78 is 41.9. The lowest BCUT2D eigenvalue weighted by Crippen LogP contribution is -2.46. The molecule has 4 aromatic rings. The Morgan fingerprint density at radius 3 is 2.52 bits per heavy atom. The zero-order valence-electron chi connectivity index (χ0n) is 25.3. The van der Waals surface area contributed by atoms with E-state index in [-0.39, 0.29) is 25.0 Å². The molecular weight excluding hydrogens is 599 g/mol. The molecule has 2 amide bonds. The van der Waals surface area contributed by atoms with Crippen molar-refractivity contribution >= 4 is 17.5 Å². The van der Waals surface area contributed by atoms with Crippen LogP contribution >= 0.6 is 0 Å². The molecule has 1 aromatic heterocycles. The Bertz CT molecular complexity index is 1690. The normalized spacial score (nSPS) is 16.0. The summed E-state index contributed by atoms with van der Waals surface area (Å²) in [4.78, 5) is 30.7. The van der Waals surface area contributed by atoms with Gasteiger partial charge in [-0.05, 0) is 66.1 Å². The first-order valence-electron chi connectivity index (χ1n) is 14.8. The van der Waals surface area contributed by atoms with Gasteiger partial charge < -0.3 is 29.0 Å². The molecule has 0 radical (unpaired) electrons. The minimum absolute atomic E-state index is 0.134. The number of methoxy groups -OCH3 is 2. The molecular formula is C32H33FN6O7. The van der Waals surface area contributed by atoms with E-state index in [2.05, 4.69) is 20.7 Å². The first-order chi connectivity index (χ1) is 22.4. The Kier molecular flexibility index (Phi) is 9.24. The number of nitrogens with zero attached hydrogens (tertiary/aromatic N) is 5. The fraction of sp³-hybridized carbons (Fsp3) is 0.344. The van der Waals surface area contributed by atoms with Crippen molar-refractivity contribution in [1.82, 2.24) is 25.5 Å². The summed E-state index contributed by atoms with van der Waals surface area (Å²) in [5, 5.41) is 15.6. The van der Waals surface area contributed by atoms with E-state index in [0.717, 1.165) is 17.6 Å². The second-order valence-electron chi connectivity index (χ2n) is 10.6. The molecule has 1 fully saturated rings. The monoisotopic (exact) mass is 632 g/mol. The largest absolute Gasteiger partial charge is 0.493 e.